The van der Waals surface area contributed by atoms with Gasteiger partial charge in [0, 0.05) is 27.7 Å². The second-order valence-electron chi connectivity index (χ2n) is 0.577. The van der Waals surface area contributed by atoms with E-state index in [0.29, 0.717) is 0 Å². The molecule has 0 unspecified atom stereocenters. The molecule has 5 heavy (non-hydrogen) atoms. The van der Waals surface area contributed by atoms with Crippen molar-refractivity contribution in [3.05, 3.63) is 0 Å². The second kappa shape index (κ2) is 8.85. The molecule has 1 nitrogen and oxygen atoms in total. The van der Waals surface area contributed by atoms with E-state index in [9.17, 15) is 0 Å². The molecule has 0 fully saturated rings. The molecule has 0 spiro atoms. The van der Waals surface area contributed by atoms with Crippen LogP contribution in [0.1, 0.15) is 6.92 Å². The summed E-state index contributed by atoms with van der Waals surface area (Å²) in [6.07, 6.45) is 0. The molecule has 0 aromatic carbocycles. The molecule has 0 N–H and O–H groups in total. The Kier molecular flexibility index (Phi) is 16.5. The van der Waals surface area contributed by atoms with Crippen molar-refractivity contribution in [1.82, 2.24) is 0 Å². The van der Waals surface area contributed by atoms with Crippen molar-refractivity contribution < 1.29 is 25.5 Å². The van der Waals surface area contributed by atoms with E-state index in [1.165, 1.54) is 0 Å². The molecule has 0 saturated carbocycles. The maximum atomic E-state index is 4.68. The maximum Gasteiger partial charge on any atom is 0.145 e. The Morgan fingerprint density at radius 3 is 2.00 bits per heavy atom. The van der Waals surface area contributed by atoms with Gasteiger partial charge in [-0.3, -0.25) is 0 Å². The van der Waals surface area contributed by atoms with E-state index >= 15 is 0 Å². The van der Waals surface area contributed by atoms with E-state index < -0.39 is 0 Å². The fraction of sp³-hybridized carbons (Fsp3) is 1.00. The van der Waals surface area contributed by atoms with E-state index in [1.54, 1.807) is 0 Å². The van der Waals surface area contributed by atoms with E-state index in [4.69, 9.17) is 0 Å². The predicted octanol–water partition coefficient (Wildman–Crippen LogP) is -0.699. The molecule has 3 heteroatoms. The third kappa shape index (κ3) is 11.5. The summed E-state index contributed by atoms with van der Waals surface area (Å²) in [5, 5.41) is 0. The molecule has 0 aliphatic rings. The first-order valence-corrected chi connectivity index (χ1v) is 2.22. The zero-order valence-electron chi connectivity index (χ0n) is 3.43. The number of hydrogen-bond acceptors (Lipinski definition) is 1. The van der Waals surface area contributed by atoms with Gasteiger partial charge in [0.25, 0.3) is 0 Å². The zero-order chi connectivity index (χ0) is 3.41. The maximum absolute atomic E-state index is 4.68. The van der Waals surface area contributed by atoms with Crippen LogP contribution in [0, 0.1) is 0 Å². The van der Waals surface area contributed by atoms with Crippen LogP contribution >= 0.6 is 0 Å². The Balaban J connectivity index is 0. The average molecular weight is 271 g/mol. The van der Waals surface area contributed by atoms with Crippen molar-refractivity contribution in [3.63, 3.8) is 0 Å². The molecular weight excluding hydrogens is 263 g/mol. The summed E-state index contributed by atoms with van der Waals surface area (Å²) in [6, 6.07) is 0. The normalized spacial score (nSPS) is 6.60. The average Bonchev–Trinajstić information content (AvgIpc) is 1.37. The summed E-state index contributed by atoms with van der Waals surface area (Å²) < 4.78 is 4.68. The van der Waals surface area contributed by atoms with Crippen molar-refractivity contribution in [2.75, 3.05) is 6.61 Å². The van der Waals surface area contributed by atoms with Crippen LogP contribution < -0.4 is 0 Å². The summed E-state index contributed by atoms with van der Waals surface area (Å²) in [7, 11) is 0.890. The van der Waals surface area contributed by atoms with Crippen LogP contribution in [0.25, 0.3) is 0 Å². The SMILES string of the molecule is CCO[SiH3].[Pt]. The van der Waals surface area contributed by atoms with E-state index in [-0.39, 0.29) is 21.1 Å². The first-order valence-electron chi connectivity index (χ1n) is 1.40. The van der Waals surface area contributed by atoms with Crippen LogP contribution in [0.2, 0.25) is 0 Å². The van der Waals surface area contributed by atoms with Crippen LogP contribution in [0.4, 0.5) is 0 Å². The van der Waals surface area contributed by atoms with Crippen molar-refractivity contribution in [1.29, 1.82) is 0 Å². The third-order valence-corrected chi connectivity index (χ3v) is 0.866. The third-order valence-electron chi connectivity index (χ3n) is 0.289. The van der Waals surface area contributed by atoms with Gasteiger partial charge >= 0.3 is 0 Å². The minimum absolute atomic E-state index is 0. The first kappa shape index (κ1) is 9.29. The molecule has 0 rings (SSSR count). The summed E-state index contributed by atoms with van der Waals surface area (Å²) in [5.41, 5.74) is 0. The van der Waals surface area contributed by atoms with Crippen LogP contribution in [0.5, 0.6) is 0 Å². The minimum atomic E-state index is 0. The van der Waals surface area contributed by atoms with E-state index in [0.717, 1.165) is 17.1 Å². The van der Waals surface area contributed by atoms with Gasteiger partial charge in [0.05, 0.1) is 0 Å². The van der Waals surface area contributed by atoms with Crippen molar-refractivity contribution in [2.45, 2.75) is 6.92 Å². The summed E-state index contributed by atoms with van der Waals surface area (Å²) in [4.78, 5) is 0. The fourth-order valence-electron chi connectivity index (χ4n) is 0. The number of rotatable bonds is 1. The van der Waals surface area contributed by atoms with Gasteiger partial charge in [-0.25, -0.2) is 0 Å². The van der Waals surface area contributed by atoms with Gasteiger partial charge in [0.2, 0.25) is 0 Å². The summed E-state index contributed by atoms with van der Waals surface area (Å²) in [5.74, 6) is 0. The van der Waals surface area contributed by atoms with Crippen LogP contribution in [-0.4, -0.2) is 17.1 Å². The quantitative estimate of drug-likeness (QED) is 0.573. The largest absolute Gasteiger partial charge is 0.428 e. The molecular formula is C2H8OPtSi. The van der Waals surface area contributed by atoms with Crippen molar-refractivity contribution in [2.24, 2.45) is 0 Å². The Hall–Kier alpha value is 0.865. The molecule has 36 valence electrons. The van der Waals surface area contributed by atoms with E-state index in [2.05, 4.69) is 4.43 Å². The van der Waals surface area contributed by atoms with Crippen LogP contribution in [0.3, 0.4) is 0 Å². The second-order valence-corrected chi connectivity index (χ2v) is 1.15. The molecule has 0 atom stereocenters. The monoisotopic (exact) mass is 271 g/mol. The molecule has 0 aliphatic carbocycles. The predicted molar refractivity (Wildman–Crippen MR) is 21.6 cm³/mol. The molecule has 0 heterocycles. The summed E-state index contributed by atoms with van der Waals surface area (Å²) in [6.45, 7) is 2.87. The van der Waals surface area contributed by atoms with Gasteiger partial charge in [-0.1, -0.05) is 0 Å². The van der Waals surface area contributed by atoms with Gasteiger partial charge in [0.15, 0.2) is 0 Å². The van der Waals surface area contributed by atoms with E-state index in [1.807, 2.05) is 6.92 Å². The molecule has 0 bridgehead atoms. The van der Waals surface area contributed by atoms with Gasteiger partial charge in [-0.2, -0.15) is 0 Å². The molecule has 0 amide bonds. The van der Waals surface area contributed by atoms with Gasteiger partial charge < -0.3 is 4.43 Å². The van der Waals surface area contributed by atoms with Crippen molar-refractivity contribution >= 4 is 10.5 Å². The first-order chi connectivity index (χ1) is 1.91. The Bertz CT molecular complexity index is 11.6. The smallest absolute Gasteiger partial charge is 0.145 e. The van der Waals surface area contributed by atoms with Crippen LogP contribution in [-0.2, 0) is 25.5 Å². The van der Waals surface area contributed by atoms with Gasteiger partial charge in [0.1, 0.15) is 10.5 Å². The fourth-order valence-corrected chi connectivity index (χ4v) is 0. The standard InChI is InChI=1S/C2H8OSi.Pt/c1-2-3-4;/h2H2,1,4H3;. The van der Waals surface area contributed by atoms with Crippen LogP contribution in [0.15, 0.2) is 0 Å². The molecule has 0 saturated heterocycles. The zero-order valence-corrected chi connectivity index (χ0v) is 7.70. The van der Waals surface area contributed by atoms with Gasteiger partial charge in [-0.05, 0) is 6.92 Å². The topological polar surface area (TPSA) is 9.23 Å². The molecule has 0 aliphatic heterocycles. The number of hydrogen-bond donors (Lipinski definition) is 0. The minimum Gasteiger partial charge on any atom is -0.428 e. The van der Waals surface area contributed by atoms with Gasteiger partial charge in [-0.15, -0.1) is 0 Å². The molecule has 0 aromatic heterocycles. The Morgan fingerprint density at radius 1 is 1.80 bits per heavy atom. The summed E-state index contributed by atoms with van der Waals surface area (Å²) >= 11 is 0. The van der Waals surface area contributed by atoms with Crippen molar-refractivity contribution in [3.8, 4) is 0 Å². The molecule has 0 aromatic rings. The Morgan fingerprint density at radius 2 is 2.00 bits per heavy atom. The Labute approximate surface area is 49.9 Å². The molecule has 0 radical (unpaired) electrons.